The van der Waals surface area contributed by atoms with Crippen molar-refractivity contribution in [1.29, 1.82) is 0 Å². The highest BCUT2D eigenvalue weighted by Gasteiger charge is 2.13. The highest BCUT2D eigenvalue weighted by Crippen LogP contribution is 2.35. The zero-order valence-corrected chi connectivity index (χ0v) is 12.4. The van der Waals surface area contributed by atoms with Gasteiger partial charge in [-0.25, -0.2) is 0 Å². The first-order valence-electron chi connectivity index (χ1n) is 5.99. The number of benzene rings is 2. The van der Waals surface area contributed by atoms with Crippen molar-refractivity contribution in [3.05, 3.63) is 52.0 Å². The molecule has 0 amide bonds. The Labute approximate surface area is 127 Å². The Bertz CT molecular complexity index is 669. The normalized spacial score (nSPS) is 11.7. The number of nitrogen functional groups attached to an aromatic ring is 1. The van der Waals surface area contributed by atoms with Crippen LogP contribution in [0.5, 0.6) is 0 Å². The third kappa shape index (κ3) is 2.80. The van der Waals surface area contributed by atoms with Crippen molar-refractivity contribution >= 4 is 34.6 Å². The van der Waals surface area contributed by atoms with Gasteiger partial charge in [0.25, 0.3) is 0 Å². The molecule has 3 N–H and O–H groups in total. The van der Waals surface area contributed by atoms with Gasteiger partial charge in [0.1, 0.15) is 0 Å². The van der Waals surface area contributed by atoms with Gasteiger partial charge in [0.05, 0.1) is 12.3 Å². The highest BCUT2D eigenvalue weighted by molar-refractivity contribution is 6.36. The zero-order chi connectivity index (χ0) is 14.7. The summed E-state index contributed by atoms with van der Waals surface area (Å²) >= 11 is 12.1. The second-order valence-electron chi connectivity index (χ2n) is 4.22. The van der Waals surface area contributed by atoms with Gasteiger partial charge in [0.2, 0.25) is 0 Å². The molecule has 5 heteroatoms. The maximum Gasteiger partial charge on any atom is 0.0855 e. The van der Waals surface area contributed by atoms with Gasteiger partial charge < -0.3 is 10.8 Å². The Balaban J connectivity index is 2.61. The minimum atomic E-state index is -0.168. The Morgan fingerprint density at radius 3 is 2.55 bits per heavy atom. The van der Waals surface area contributed by atoms with Crippen molar-refractivity contribution in [1.82, 2.24) is 0 Å². The molecule has 2 aromatic carbocycles. The standard InChI is InChI=1S/C15H14Cl2N2O/c1-19-14(8-20)12-4-2-3-11(15(12)18)10-6-5-9(16)7-13(10)17/h2-7,20H,8,18H2,1H3. The number of aliphatic hydroxyl groups excluding tert-OH is 1. The molecule has 2 rings (SSSR count). The molecule has 3 nitrogen and oxygen atoms in total. The van der Waals surface area contributed by atoms with Gasteiger partial charge in [0, 0.05) is 39.5 Å². The van der Waals surface area contributed by atoms with Crippen LogP contribution in [0.15, 0.2) is 41.4 Å². The molecule has 2 aromatic rings. The Hall–Kier alpha value is -1.55. The zero-order valence-electron chi connectivity index (χ0n) is 10.9. The summed E-state index contributed by atoms with van der Waals surface area (Å²) in [4.78, 5) is 4.04. The number of rotatable bonds is 3. The van der Waals surface area contributed by atoms with E-state index in [4.69, 9.17) is 28.9 Å². The smallest absolute Gasteiger partial charge is 0.0855 e. The molecule has 0 radical (unpaired) electrons. The van der Waals surface area contributed by atoms with E-state index in [1.165, 1.54) is 0 Å². The molecule has 20 heavy (non-hydrogen) atoms. The molecule has 104 valence electrons. The second-order valence-corrected chi connectivity index (χ2v) is 5.06. The lowest BCUT2D eigenvalue weighted by Gasteiger charge is -2.13. The number of nitrogens with zero attached hydrogens (tertiary/aromatic N) is 1. The van der Waals surface area contributed by atoms with Gasteiger partial charge >= 0.3 is 0 Å². The number of para-hydroxylation sites is 1. The molecule has 0 bridgehead atoms. The lowest BCUT2D eigenvalue weighted by atomic mass is 9.98. The molecule has 0 saturated carbocycles. The summed E-state index contributed by atoms with van der Waals surface area (Å²) in [6, 6.07) is 10.8. The summed E-state index contributed by atoms with van der Waals surface area (Å²) in [5.74, 6) is 0. The number of halogens is 2. The van der Waals surface area contributed by atoms with Gasteiger partial charge in [-0.05, 0) is 12.1 Å². The molecule has 0 fully saturated rings. The van der Waals surface area contributed by atoms with Crippen LogP contribution in [-0.2, 0) is 0 Å². The lowest BCUT2D eigenvalue weighted by molar-refractivity contribution is 0.358. The third-order valence-corrected chi connectivity index (χ3v) is 3.61. The summed E-state index contributed by atoms with van der Waals surface area (Å²) in [6.45, 7) is -0.168. The minimum absolute atomic E-state index is 0.168. The number of aliphatic imine (C=N–C) groups is 1. The van der Waals surface area contributed by atoms with Crippen molar-refractivity contribution in [2.24, 2.45) is 4.99 Å². The lowest BCUT2D eigenvalue weighted by Crippen LogP contribution is -2.10. The van der Waals surface area contributed by atoms with Crippen LogP contribution in [0.25, 0.3) is 11.1 Å². The molecule has 0 aliphatic heterocycles. The van der Waals surface area contributed by atoms with E-state index in [2.05, 4.69) is 4.99 Å². The topological polar surface area (TPSA) is 58.6 Å². The van der Waals surface area contributed by atoms with Gasteiger partial charge in [-0.2, -0.15) is 0 Å². The highest BCUT2D eigenvalue weighted by atomic mass is 35.5. The van der Waals surface area contributed by atoms with Crippen molar-refractivity contribution in [2.75, 3.05) is 19.4 Å². The monoisotopic (exact) mass is 308 g/mol. The van der Waals surface area contributed by atoms with E-state index in [0.717, 1.165) is 11.1 Å². The average Bonchev–Trinajstić information content (AvgIpc) is 2.43. The molecule has 0 spiro atoms. The number of hydrogen-bond donors (Lipinski definition) is 2. The largest absolute Gasteiger partial charge is 0.398 e. The van der Waals surface area contributed by atoms with Crippen LogP contribution in [0.4, 0.5) is 5.69 Å². The summed E-state index contributed by atoms with van der Waals surface area (Å²) in [5.41, 5.74) is 9.55. The predicted octanol–water partition coefficient (Wildman–Crippen LogP) is 3.65. The van der Waals surface area contributed by atoms with Gasteiger partial charge in [-0.3, -0.25) is 4.99 Å². The second kappa shape index (κ2) is 6.27. The number of hydrogen-bond acceptors (Lipinski definition) is 3. The van der Waals surface area contributed by atoms with Crippen molar-refractivity contribution in [2.45, 2.75) is 0 Å². The first-order chi connectivity index (χ1) is 9.58. The molecule has 0 saturated heterocycles. The van der Waals surface area contributed by atoms with Crippen LogP contribution in [0, 0.1) is 0 Å². The quantitative estimate of drug-likeness (QED) is 0.671. The first-order valence-corrected chi connectivity index (χ1v) is 6.75. The Kier molecular flexibility index (Phi) is 4.65. The van der Waals surface area contributed by atoms with E-state index in [-0.39, 0.29) is 6.61 Å². The van der Waals surface area contributed by atoms with Crippen molar-refractivity contribution in [3.8, 4) is 11.1 Å². The van der Waals surface area contributed by atoms with Crippen LogP contribution in [0.1, 0.15) is 5.56 Å². The van der Waals surface area contributed by atoms with Gasteiger partial charge in [-0.15, -0.1) is 0 Å². The maximum atomic E-state index is 9.33. The summed E-state index contributed by atoms with van der Waals surface area (Å²) in [7, 11) is 1.62. The van der Waals surface area contributed by atoms with Gasteiger partial charge in [-0.1, -0.05) is 47.5 Å². The fraction of sp³-hybridized carbons (Fsp3) is 0.133. The SMILES string of the molecule is CN=C(CO)c1cccc(-c2ccc(Cl)cc2Cl)c1N. The van der Waals surface area contributed by atoms with E-state index >= 15 is 0 Å². The van der Waals surface area contributed by atoms with Crippen molar-refractivity contribution in [3.63, 3.8) is 0 Å². The van der Waals surface area contributed by atoms with E-state index < -0.39 is 0 Å². The molecule has 0 aliphatic carbocycles. The van der Waals surface area contributed by atoms with Gasteiger partial charge in [0.15, 0.2) is 0 Å². The van der Waals surface area contributed by atoms with E-state index in [9.17, 15) is 5.11 Å². The van der Waals surface area contributed by atoms with Crippen LogP contribution < -0.4 is 5.73 Å². The number of aliphatic hydroxyl groups is 1. The third-order valence-electron chi connectivity index (χ3n) is 3.06. The minimum Gasteiger partial charge on any atom is -0.398 e. The molecule has 0 atom stereocenters. The summed E-state index contributed by atoms with van der Waals surface area (Å²) in [5, 5.41) is 10.4. The predicted molar refractivity (Wildman–Crippen MR) is 85.9 cm³/mol. The fourth-order valence-corrected chi connectivity index (χ4v) is 2.55. The van der Waals surface area contributed by atoms with Crippen molar-refractivity contribution < 1.29 is 5.11 Å². The van der Waals surface area contributed by atoms with Crippen LogP contribution >= 0.6 is 23.2 Å². The van der Waals surface area contributed by atoms with E-state index in [1.807, 2.05) is 24.3 Å². The maximum absolute atomic E-state index is 9.33. The molecular weight excluding hydrogens is 295 g/mol. The molecule has 0 unspecified atom stereocenters. The number of nitrogens with two attached hydrogens (primary N) is 1. The Morgan fingerprint density at radius 1 is 1.20 bits per heavy atom. The molecular formula is C15H14Cl2N2O. The average molecular weight is 309 g/mol. The first kappa shape index (κ1) is 14.9. The molecule has 0 aliphatic rings. The van der Waals surface area contributed by atoms with Crippen LogP contribution in [0.3, 0.4) is 0 Å². The summed E-state index contributed by atoms with van der Waals surface area (Å²) < 4.78 is 0. The van der Waals surface area contributed by atoms with E-state index in [0.29, 0.717) is 27.0 Å². The summed E-state index contributed by atoms with van der Waals surface area (Å²) in [6.07, 6.45) is 0. The van der Waals surface area contributed by atoms with Crippen LogP contribution in [-0.4, -0.2) is 24.5 Å². The van der Waals surface area contributed by atoms with E-state index in [1.54, 1.807) is 19.2 Å². The number of anilines is 1. The Morgan fingerprint density at radius 2 is 1.95 bits per heavy atom. The van der Waals surface area contributed by atoms with Crippen LogP contribution in [0.2, 0.25) is 10.0 Å². The fourth-order valence-electron chi connectivity index (χ4n) is 2.04. The molecule has 0 heterocycles. The molecule has 0 aromatic heterocycles.